The summed E-state index contributed by atoms with van der Waals surface area (Å²) in [6.45, 7) is 8.01. The lowest BCUT2D eigenvalue weighted by molar-refractivity contribution is 0.251. The molecular formula is C7H12O. The van der Waals surface area contributed by atoms with Crippen molar-refractivity contribution in [1.29, 1.82) is 0 Å². The van der Waals surface area contributed by atoms with E-state index in [9.17, 15) is 0 Å². The highest BCUT2D eigenvalue weighted by Crippen LogP contribution is 1.88. The van der Waals surface area contributed by atoms with Crippen LogP contribution in [-0.2, 0) is 4.74 Å². The van der Waals surface area contributed by atoms with Crippen molar-refractivity contribution in [2.75, 3.05) is 6.61 Å². The first-order valence-electron chi connectivity index (χ1n) is 2.67. The third-order valence-corrected chi connectivity index (χ3v) is 0.662. The van der Waals surface area contributed by atoms with Crippen LogP contribution in [-0.4, -0.2) is 6.61 Å². The molecular weight excluding hydrogens is 100 g/mol. The molecule has 0 N–H and O–H groups in total. The van der Waals surface area contributed by atoms with E-state index in [2.05, 4.69) is 6.58 Å². The maximum Gasteiger partial charge on any atom is 0.106 e. The van der Waals surface area contributed by atoms with Crippen LogP contribution < -0.4 is 0 Å². The lowest BCUT2D eigenvalue weighted by atomic mass is 10.5. The molecule has 0 aromatic carbocycles. The van der Waals surface area contributed by atoms with Crippen molar-refractivity contribution in [3.63, 3.8) is 0 Å². The van der Waals surface area contributed by atoms with Gasteiger partial charge in [0.05, 0.1) is 5.76 Å². The van der Waals surface area contributed by atoms with Gasteiger partial charge in [0.1, 0.15) is 6.61 Å². The van der Waals surface area contributed by atoms with Crippen molar-refractivity contribution in [3.05, 3.63) is 24.5 Å². The van der Waals surface area contributed by atoms with Crippen molar-refractivity contribution in [2.45, 2.75) is 13.8 Å². The lowest BCUT2D eigenvalue weighted by Gasteiger charge is -1.97. The van der Waals surface area contributed by atoms with E-state index in [1.54, 1.807) is 0 Å². The summed E-state index contributed by atoms with van der Waals surface area (Å²) < 4.78 is 5.00. The first-order chi connectivity index (χ1) is 3.77. The predicted octanol–water partition coefficient (Wildman–Crippen LogP) is 2.11. The summed E-state index contributed by atoms with van der Waals surface area (Å²) in [6.07, 6.45) is 3.89. The quantitative estimate of drug-likeness (QED) is 0.401. The van der Waals surface area contributed by atoms with Gasteiger partial charge in [-0.05, 0) is 13.8 Å². The van der Waals surface area contributed by atoms with E-state index in [4.69, 9.17) is 4.74 Å². The van der Waals surface area contributed by atoms with Gasteiger partial charge in [-0.15, -0.1) is 0 Å². The van der Waals surface area contributed by atoms with Gasteiger partial charge < -0.3 is 4.74 Å². The van der Waals surface area contributed by atoms with Gasteiger partial charge in [0.15, 0.2) is 0 Å². The molecule has 0 aliphatic rings. The number of allylic oxidation sites excluding steroid dienone is 2. The molecule has 0 atom stereocenters. The lowest BCUT2D eigenvalue weighted by Crippen LogP contribution is -1.84. The van der Waals surface area contributed by atoms with E-state index in [-0.39, 0.29) is 0 Å². The molecule has 0 aromatic rings. The molecule has 0 rings (SSSR count). The van der Waals surface area contributed by atoms with Crippen molar-refractivity contribution in [1.82, 2.24) is 0 Å². The number of hydrogen-bond acceptors (Lipinski definition) is 1. The van der Waals surface area contributed by atoms with Crippen LogP contribution in [0.5, 0.6) is 0 Å². The Morgan fingerprint density at radius 1 is 1.75 bits per heavy atom. The van der Waals surface area contributed by atoms with Gasteiger partial charge in [0.25, 0.3) is 0 Å². The molecule has 0 heterocycles. The SMILES string of the molecule is C=C(C)OCC=CC. The fraction of sp³-hybridized carbons (Fsp3) is 0.429. The average molecular weight is 112 g/mol. The zero-order chi connectivity index (χ0) is 6.41. The maximum atomic E-state index is 5.00. The summed E-state index contributed by atoms with van der Waals surface area (Å²) in [5.41, 5.74) is 0. The molecule has 0 spiro atoms. The van der Waals surface area contributed by atoms with Crippen molar-refractivity contribution < 1.29 is 4.74 Å². The van der Waals surface area contributed by atoms with E-state index in [1.807, 2.05) is 26.0 Å². The highest BCUT2D eigenvalue weighted by atomic mass is 16.5. The fourth-order valence-electron chi connectivity index (χ4n) is 0.287. The van der Waals surface area contributed by atoms with E-state index in [0.29, 0.717) is 6.61 Å². The van der Waals surface area contributed by atoms with Gasteiger partial charge in [-0.1, -0.05) is 18.7 Å². The molecule has 8 heavy (non-hydrogen) atoms. The Hall–Kier alpha value is -0.720. The summed E-state index contributed by atoms with van der Waals surface area (Å²) in [5.74, 6) is 0.767. The average Bonchev–Trinajstić information content (AvgIpc) is 1.66. The van der Waals surface area contributed by atoms with E-state index in [0.717, 1.165) is 5.76 Å². The van der Waals surface area contributed by atoms with Crippen LogP contribution in [0.4, 0.5) is 0 Å². The minimum atomic E-state index is 0.645. The Balaban J connectivity index is 3.05. The Kier molecular flexibility index (Phi) is 4.04. The Morgan fingerprint density at radius 3 is 2.75 bits per heavy atom. The summed E-state index contributed by atoms with van der Waals surface area (Å²) in [7, 11) is 0. The van der Waals surface area contributed by atoms with Crippen molar-refractivity contribution >= 4 is 0 Å². The highest BCUT2D eigenvalue weighted by molar-refractivity contribution is 4.81. The van der Waals surface area contributed by atoms with E-state index < -0.39 is 0 Å². The second-order valence-electron chi connectivity index (χ2n) is 1.58. The standard InChI is InChI=1S/C7H12O/c1-4-5-6-8-7(2)3/h4-5H,2,6H2,1,3H3. The largest absolute Gasteiger partial charge is 0.495 e. The molecule has 1 nitrogen and oxygen atoms in total. The zero-order valence-electron chi connectivity index (χ0n) is 5.48. The number of rotatable bonds is 3. The van der Waals surface area contributed by atoms with Crippen molar-refractivity contribution in [2.24, 2.45) is 0 Å². The highest BCUT2D eigenvalue weighted by Gasteiger charge is 1.76. The van der Waals surface area contributed by atoms with Gasteiger partial charge in [-0.25, -0.2) is 0 Å². The molecule has 1 heteroatoms. The molecule has 0 aliphatic carbocycles. The topological polar surface area (TPSA) is 9.23 Å². The van der Waals surface area contributed by atoms with Gasteiger partial charge in [0, 0.05) is 0 Å². The summed E-state index contributed by atoms with van der Waals surface area (Å²) in [6, 6.07) is 0. The minimum Gasteiger partial charge on any atom is -0.495 e. The molecule has 0 unspecified atom stereocenters. The predicted molar refractivity (Wildman–Crippen MR) is 35.6 cm³/mol. The number of hydrogen-bond donors (Lipinski definition) is 0. The maximum absolute atomic E-state index is 5.00. The van der Waals surface area contributed by atoms with Crippen LogP contribution in [0.1, 0.15) is 13.8 Å². The Bertz CT molecular complexity index is 92.6. The molecule has 0 amide bonds. The molecule has 0 saturated heterocycles. The second-order valence-corrected chi connectivity index (χ2v) is 1.58. The molecule has 0 saturated carbocycles. The van der Waals surface area contributed by atoms with Crippen LogP contribution in [0.25, 0.3) is 0 Å². The molecule has 0 radical (unpaired) electrons. The fourth-order valence-corrected chi connectivity index (χ4v) is 0.287. The molecule has 0 bridgehead atoms. The van der Waals surface area contributed by atoms with Crippen molar-refractivity contribution in [3.8, 4) is 0 Å². The Labute approximate surface area is 50.7 Å². The van der Waals surface area contributed by atoms with Crippen LogP contribution in [0.2, 0.25) is 0 Å². The molecule has 46 valence electrons. The minimum absolute atomic E-state index is 0.645. The summed E-state index contributed by atoms with van der Waals surface area (Å²) >= 11 is 0. The first kappa shape index (κ1) is 7.28. The van der Waals surface area contributed by atoms with Crippen LogP contribution in [0.15, 0.2) is 24.5 Å². The van der Waals surface area contributed by atoms with Gasteiger partial charge >= 0.3 is 0 Å². The van der Waals surface area contributed by atoms with Crippen LogP contribution in [0.3, 0.4) is 0 Å². The molecule has 0 fully saturated rings. The molecule has 0 aromatic heterocycles. The van der Waals surface area contributed by atoms with E-state index >= 15 is 0 Å². The van der Waals surface area contributed by atoms with E-state index in [1.165, 1.54) is 0 Å². The summed E-state index contributed by atoms with van der Waals surface area (Å²) in [4.78, 5) is 0. The third-order valence-electron chi connectivity index (χ3n) is 0.662. The van der Waals surface area contributed by atoms with Gasteiger partial charge in [-0.3, -0.25) is 0 Å². The first-order valence-corrected chi connectivity index (χ1v) is 2.67. The normalized spacial score (nSPS) is 9.75. The molecule has 0 aliphatic heterocycles. The zero-order valence-corrected chi connectivity index (χ0v) is 5.48. The third kappa shape index (κ3) is 5.28. The number of ether oxygens (including phenoxy) is 1. The van der Waals surface area contributed by atoms with Gasteiger partial charge in [0.2, 0.25) is 0 Å². The smallest absolute Gasteiger partial charge is 0.106 e. The monoisotopic (exact) mass is 112 g/mol. The van der Waals surface area contributed by atoms with Gasteiger partial charge in [-0.2, -0.15) is 0 Å². The Morgan fingerprint density at radius 2 is 2.38 bits per heavy atom. The van der Waals surface area contributed by atoms with Crippen LogP contribution >= 0.6 is 0 Å². The second kappa shape index (κ2) is 4.44. The summed E-state index contributed by atoms with van der Waals surface area (Å²) in [5, 5.41) is 0. The van der Waals surface area contributed by atoms with Crippen LogP contribution in [0, 0.1) is 0 Å².